The molecular weight excluding hydrogens is 327 g/mol. The largest absolute Gasteiger partial charge is 1.00 e. The maximum Gasteiger partial charge on any atom is 1.00 e. The maximum absolute atomic E-state index is 11.2. The third kappa shape index (κ3) is 10.3. The standard InChI is InChI=1S/C11H16O6S2.CH4.Na/c1-18(12,13)11-6-4-10(5-7-11)17-8-2-3-9-19(14,15)16;;/h4-7H,2-3,8-9H2,1H3,(H,14,15,16);1H4;/q;;+1/p-1. The second kappa shape index (κ2) is 9.81. The smallest absolute Gasteiger partial charge is 0.748 e. The van der Waals surface area contributed by atoms with Crippen LogP contribution in [0.15, 0.2) is 29.2 Å². The third-order valence-corrected chi connectivity index (χ3v) is 4.23. The van der Waals surface area contributed by atoms with E-state index < -0.39 is 25.7 Å². The number of ether oxygens (including phenoxy) is 1. The molecule has 0 unspecified atom stereocenters. The van der Waals surface area contributed by atoms with Crippen LogP contribution in [-0.2, 0) is 20.0 Å². The Morgan fingerprint density at radius 3 is 2.00 bits per heavy atom. The van der Waals surface area contributed by atoms with E-state index in [0.29, 0.717) is 12.2 Å². The molecule has 0 radical (unpaired) electrons. The van der Waals surface area contributed by atoms with Crippen molar-refractivity contribution in [3.05, 3.63) is 24.3 Å². The predicted molar refractivity (Wildman–Crippen MR) is 75.6 cm³/mol. The minimum Gasteiger partial charge on any atom is -0.748 e. The topological polar surface area (TPSA) is 101 Å². The minimum atomic E-state index is -4.16. The monoisotopic (exact) mass is 346 g/mol. The van der Waals surface area contributed by atoms with E-state index in [2.05, 4.69) is 0 Å². The summed E-state index contributed by atoms with van der Waals surface area (Å²) in [5, 5.41) is 0. The first-order valence-electron chi connectivity index (χ1n) is 5.55. The number of hydrogen-bond donors (Lipinski definition) is 0. The predicted octanol–water partition coefficient (Wildman–Crippen LogP) is -1.57. The molecule has 116 valence electrons. The van der Waals surface area contributed by atoms with Gasteiger partial charge in [0, 0.05) is 12.0 Å². The van der Waals surface area contributed by atoms with Crippen molar-refractivity contribution in [1.82, 2.24) is 0 Å². The first-order chi connectivity index (χ1) is 8.68. The first-order valence-corrected chi connectivity index (χ1v) is 9.02. The molecule has 0 aliphatic carbocycles. The van der Waals surface area contributed by atoms with Crippen molar-refractivity contribution in [3.8, 4) is 5.75 Å². The van der Waals surface area contributed by atoms with Crippen LogP contribution >= 0.6 is 0 Å². The van der Waals surface area contributed by atoms with Gasteiger partial charge in [0.15, 0.2) is 9.84 Å². The number of benzene rings is 1. The second-order valence-electron chi connectivity index (χ2n) is 4.06. The van der Waals surface area contributed by atoms with Gasteiger partial charge in [-0.2, -0.15) is 0 Å². The summed E-state index contributed by atoms with van der Waals surface area (Å²) in [6.45, 7) is 0.272. The average Bonchev–Trinajstić information content (AvgIpc) is 2.26. The van der Waals surface area contributed by atoms with E-state index in [9.17, 15) is 21.4 Å². The van der Waals surface area contributed by atoms with Gasteiger partial charge in [0.25, 0.3) is 0 Å². The second-order valence-corrected chi connectivity index (χ2v) is 7.60. The molecule has 1 aromatic rings. The van der Waals surface area contributed by atoms with Crippen molar-refractivity contribution in [2.45, 2.75) is 25.2 Å². The molecule has 21 heavy (non-hydrogen) atoms. The van der Waals surface area contributed by atoms with Crippen LogP contribution in [0.3, 0.4) is 0 Å². The summed E-state index contributed by atoms with van der Waals surface area (Å²) >= 11 is 0. The van der Waals surface area contributed by atoms with Gasteiger partial charge in [0.2, 0.25) is 0 Å². The van der Waals surface area contributed by atoms with Gasteiger partial charge in [0.05, 0.1) is 21.6 Å². The number of rotatable bonds is 7. The molecule has 9 heteroatoms. The number of sulfone groups is 1. The van der Waals surface area contributed by atoms with E-state index in [0.717, 1.165) is 6.26 Å². The van der Waals surface area contributed by atoms with Crippen LogP contribution in [0.2, 0.25) is 0 Å². The van der Waals surface area contributed by atoms with Crippen LogP contribution in [0.5, 0.6) is 5.75 Å². The van der Waals surface area contributed by atoms with Gasteiger partial charge in [-0.15, -0.1) is 0 Å². The summed E-state index contributed by atoms with van der Waals surface area (Å²) in [4.78, 5) is 0.206. The van der Waals surface area contributed by atoms with E-state index in [-0.39, 0.29) is 54.9 Å². The molecule has 0 saturated heterocycles. The van der Waals surface area contributed by atoms with Gasteiger partial charge in [-0.1, -0.05) is 7.43 Å². The zero-order chi connectivity index (χ0) is 14.5. The summed E-state index contributed by atoms with van der Waals surface area (Å²) in [6.07, 6.45) is 1.80. The SMILES string of the molecule is C.CS(=O)(=O)c1ccc(OCCCCS(=O)(=O)[O-])cc1.[Na+]. The van der Waals surface area contributed by atoms with Crippen LogP contribution < -0.4 is 34.3 Å². The molecule has 0 bridgehead atoms. The molecule has 0 amide bonds. The van der Waals surface area contributed by atoms with Gasteiger partial charge in [0.1, 0.15) is 5.75 Å². The molecule has 0 aliphatic heterocycles. The Morgan fingerprint density at radius 2 is 1.57 bits per heavy atom. The fourth-order valence-electron chi connectivity index (χ4n) is 1.35. The van der Waals surface area contributed by atoms with E-state index in [1.807, 2.05) is 0 Å². The van der Waals surface area contributed by atoms with Crippen LogP contribution in [0.25, 0.3) is 0 Å². The van der Waals surface area contributed by atoms with Crippen molar-refractivity contribution < 1.29 is 55.7 Å². The normalized spacial score (nSPS) is 11.1. The van der Waals surface area contributed by atoms with E-state index in [1.165, 1.54) is 24.3 Å². The van der Waals surface area contributed by atoms with Gasteiger partial charge in [-0.25, -0.2) is 16.8 Å². The molecule has 0 saturated carbocycles. The molecule has 0 aliphatic rings. The van der Waals surface area contributed by atoms with Crippen molar-refractivity contribution in [2.24, 2.45) is 0 Å². The summed E-state index contributed by atoms with van der Waals surface area (Å²) < 4.78 is 58.7. The molecule has 0 heterocycles. The summed E-state index contributed by atoms with van der Waals surface area (Å²) in [5.74, 6) is 0.0981. The summed E-state index contributed by atoms with van der Waals surface area (Å²) in [5.41, 5.74) is 0. The zero-order valence-electron chi connectivity index (χ0n) is 11.4. The van der Waals surface area contributed by atoms with Crippen LogP contribution in [0.1, 0.15) is 20.3 Å². The van der Waals surface area contributed by atoms with Crippen molar-refractivity contribution in [3.63, 3.8) is 0 Å². The molecule has 6 nitrogen and oxygen atoms in total. The van der Waals surface area contributed by atoms with E-state index >= 15 is 0 Å². The molecule has 1 aromatic carbocycles. The minimum absolute atomic E-state index is 0. The Labute approximate surface area is 148 Å². The average molecular weight is 346 g/mol. The van der Waals surface area contributed by atoms with Crippen LogP contribution in [-0.4, -0.2) is 40.0 Å². The third-order valence-electron chi connectivity index (χ3n) is 2.31. The fraction of sp³-hybridized carbons (Fsp3) is 0.500. The van der Waals surface area contributed by atoms with Crippen LogP contribution in [0.4, 0.5) is 0 Å². The Morgan fingerprint density at radius 1 is 1.05 bits per heavy atom. The van der Waals surface area contributed by atoms with Gasteiger partial charge in [-0.05, 0) is 37.1 Å². The maximum atomic E-state index is 11.2. The number of unbranched alkanes of at least 4 members (excludes halogenated alkanes) is 1. The summed E-state index contributed by atoms with van der Waals surface area (Å²) in [7, 11) is -7.39. The zero-order valence-corrected chi connectivity index (χ0v) is 15.0. The molecule has 0 N–H and O–H groups in total. The molecule has 1 rings (SSSR count). The Kier molecular flexibility index (Phi) is 10.8. The van der Waals surface area contributed by atoms with Crippen molar-refractivity contribution in [1.29, 1.82) is 0 Å². The molecule has 0 aromatic heterocycles. The molecule has 0 spiro atoms. The Balaban J connectivity index is 0. The van der Waals surface area contributed by atoms with Gasteiger partial charge in [-0.3, -0.25) is 0 Å². The van der Waals surface area contributed by atoms with Gasteiger partial charge >= 0.3 is 29.6 Å². The Hall–Kier alpha value is -0.120. The van der Waals surface area contributed by atoms with Crippen molar-refractivity contribution in [2.75, 3.05) is 18.6 Å². The Bertz CT molecular complexity index is 608. The van der Waals surface area contributed by atoms with Crippen LogP contribution in [0, 0.1) is 0 Å². The van der Waals surface area contributed by atoms with E-state index in [1.54, 1.807) is 0 Å². The molecule has 0 fully saturated rings. The quantitative estimate of drug-likeness (QED) is 0.336. The number of hydrogen-bond acceptors (Lipinski definition) is 6. The first kappa shape index (κ1) is 23.2. The van der Waals surface area contributed by atoms with Crippen molar-refractivity contribution >= 4 is 20.0 Å². The van der Waals surface area contributed by atoms with E-state index in [4.69, 9.17) is 4.74 Å². The summed E-state index contributed by atoms with van der Waals surface area (Å²) in [6, 6.07) is 5.93. The fourth-order valence-corrected chi connectivity index (χ4v) is 2.54. The molecular formula is C12H19NaO6S2. The molecule has 0 atom stereocenters. The van der Waals surface area contributed by atoms with Gasteiger partial charge < -0.3 is 9.29 Å².